The van der Waals surface area contributed by atoms with Crippen molar-refractivity contribution in [2.45, 2.75) is 32.2 Å². The van der Waals surface area contributed by atoms with Crippen LogP contribution in [0, 0.1) is 22.0 Å². The monoisotopic (exact) mass is 288 g/mol. The molecule has 0 saturated carbocycles. The van der Waals surface area contributed by atoms with E-state index < -0.39 is 0 Å². The molecular formula is C16H20N2O3. The Morgan fingerprint density at radius 2 is 2.19 bits per heavy atom. The van der Waals surface area contributed by atoms with Gasteiger partial charge in [-0.15, -0.1) is 0 Å². The van der Waals surface area contributed by atoms with E-state index in [1.807, 2.05) is 0 Å². The minimum atomic E-state index is -0.356. The van der Waals surface area contributed by atoms with E-state index in [9.17, 15) is 10.1 Å². The van der Waals surface area contributed by atoms with Crippen molar-refractivity contribution < 1.29 is 9.66 Å². The topological polar surface area (TPSA) is 64.4 Å². The molecule has 0 aromatic heterocycles. The van der Waals surface area contributed by atoms with Crippen molar-refractivity contribution in [3.63, 3.8) is 0 Å². The smallest absolute Gasteiger partial charge is 0.273 e. The highest BCUT2D eigenvalue weighted by atomic mass is 16.6. The van der Waals surface area contributed by atoms with Gasteiger partial charge in [-0.05, 0) is 23.8 Å². The molecule has 0 spiro atoms. The normalized spacial score (nSPS) is 26.2. The van der Waals surface area contributed by atoms with Crippen molar-refractivity contribution in [3.8, 4) is 5.75 Å². The van der Waals surface area contributed by atoms with Crippen LogP contribution < -0.4 is 10.1 Å². The largest absolute Gasteiger partial charge is 0.494 e. The van der Waals surface area contributed by atoms with Crippen molar-refractivity contribution in [1.82, 2.24) is 0 Å². The molecular weight excluding hydrogens is 268 g/mol. The lowest BCUT2D eigenvalue weighted by Crippen LogP contribution is -2.39. The average Bonchev–Trinajstić information content (AvgIpc) is 2.94. The Hall–Kier alpha value is -2.04. The molecule has 3 rings (SSSR count). The Labute approximate surface area is 124 Å². The van der Waals surface area contributed by atoms with E-state index in [1.165, 1.54) is 6.07 Å². The van der Waals surface area contributed by atoms with E-state index in [2.05, 4.69) is 31.3 Å². The van der Waals surface area contributed by atoms with E-state index in [0.717, 1.165) is 17.7 Å². The number of nitrogens with zero attached hydrogens (tertiary/aromatic N) is 1. The number of non-ortho nitro benzene ring substituents is 1. The van der Waals surface area contributed by atoms with Crippen LogP contribution in [0.15, 0.2) is 24.3 Å². The van der Waals surface area contributed by atoms with E-state index in [0.29, 0.717) is 23.6 Å². The van der Waals surface area contributed by atoms with Crippen LogP contribution >= 0.6 is 0 Å². The Kier molecular flexibility index (Phi) is 3.35. The van der Waals surface area contributed by atoms with Crippen LogP contribution in [0.5, 0.6) is 5.75 Å². The molecule has 1 N–H and O–H groups in total. The number of hydrogen-bond donors (Lipinski definition) is 1. The maximum Gasteiger partial charge on any atom is 0.273 e. The summed E-state index contributed by atoms with van der Waals surface area (Å²) >= 11 is 0. The maximum absolute atomic E-state index is 11.1. The first-order valence-corrected chi connectivity index (χ1v) is 7.32. The fraction of sp³-hybridized carbons (Fsp3) is 0.500. The summed E-state index contributed by atoms with van der Waals surface area (Å²) in [6, 6.07) is 3.55. The van der Waals surface area contributed by atoms with Crippen LogP contribution in [0.1, 0.15) is 31.7 Å². The van der Waals surface area contributed by atoms with Crippen molar-refractivity contribution in [2.24, 2.45) is 11.8 Å². The summed E-state index contributed by atoms with van der Waals surface area (Å²) in [5.41, 5.74) is 1.99. The SMILES string of the molecule is COc1cc([N+](=O)[O-])cc2c1N[C@@H](C(C)C)[C@H]1CC=C[C@H]21. The van der Waals surface area contributed by atoms with Crippen molar-refractivity contribution in [3.05, 3.63) is 40.0 Å². The molecule has 21 heavy (non-hydrogen) atoms. The number of anilines is 1. The summed E-state index contributed by atoms with van der Waals surface area (Å²) < 4.78 is 5.39. The molecule has 0 radical (unpaired) electrons. The molecule has 0 unspecified atom stereocenters. The first-order chi connectivity index (χ1) is 10.0. The summed E-state index contributed by atoms with van der Waals surface area (Å²) in [5.74, 6) is 1.75. The fourth-order valence-electron chi connectivity index (χ4n) is 3.62. The minimum absolute atomic E-state index is 0.0921. The predicted molar refractivity (Wildman–Crippen MR) is 81.9 cm³/mol. The van der Waals surface area contributed by atoms with Gasteiger partial charge in [0.05, 0.1) is 23.8 Å². The molecule has 0 amide bonds. The number of nitro benzene ring substituents is 1. The zero-order chi connectivity index (χ0) is 15.1. The molecule has 1 aliphatic heterocycles. The van der Waals surface area contributed by atoms with Crippen molar-refractivity contribution in [2.75, 3.05) is 12.4 Å². The van der Waals surface area contributed by atoms with Crippen molar-refractivity contribution in [1.29, 1.82) is 0 Å². The highest BCUT2D eigenvalue weighted by molar-refractivity contribution is 5.70. The molecule has 5 nitrogen and oxygen atoms in total. The lowest BCUT2D eigenvalue weighted by atomic mass is 9.75. The van der Waals surface area contributed by atoms with Gasteiger partial charge in [0.1, 0.15) is 5.75 Å². The third kappa shape index (κ3) is 2.17. The Morgan fingerprint density at radius 3 is 2.81 bits per heavy atom. The number of allylic oxidation sites excluding steroid dienone is 2. The third-order valence-corrected chi connectivity index (χ3v) is 4.61. The van der Waals surface area contributed by atoms with Crippen LogP contribution in [0.4, 0.5) is 11.4 Å². The number of fused-ring (bicyclic) bond motifs is 3. The van der Waals surface area contributed by atoms with E-state index in [1.54, 1.807) is 13.2 Å². The molecule has 3 atom stereocenters. The quantitative estimate of drug-likeness (QED) is 0.523. The molecule has 1 aromatic carbocycles. The van der Waals surface area contributed by atoms with Gasteiger partial charge in [0, 0.05) is 18.0 Å². The van der Waals surface area contributed by atoms with Crippen LogP contribution in [0.3, 0.4) is 0 Å². The molecule has 0 bridgehead atoms. The van der Waals surface area contributed by atoms with Crippen LogP contribution in [-0.4, -0.2) is 18.1 Å². The molecule has 0 saturated heterocycles. The molecule has 0 fully saturated rings. The maximum atomic E-state index is 11.1. The predicted octanol–water partition coefficient (Wildman–Crippen LogP) is 3.71. The summed E-state index contributed by atoms with van der Waals surface area (Å²) in [6.07, 6.45) is 5.39. The number of rotatable bonds is 3. The van der Waals surface area contributed by atoms with Gasteiger partial charge in [-0.1, -0.05) is 26.0 Å². The summed E-state index contributed by atoms with van der Waals surface area (Å²) in [4.78, 5) is 10.8. The zero-order valence-electron chi connectivity index (χ0n) is 12.5. The Balaban J connectivity index is 2.15. The summed E-state index contributed by atoms with van der Waals surface area (Å²) in [7, 11) is 1.56. The Bertz CT molecular complexity index is 610. The van der Waals surface area contributed by atoms with Gasteiger partial charge < -0.3 is 10.1 Å². The highest BCUT2D eigenvalue weighted by Gasteiger charge is 2.40. The molecule has 1 aliphatic carbocycles. The van der Waals surface area contributed by atoms with Crippen LogP contribution in [0.2, 0.25) is 0 Å². The number of methoxy groups -OCH3 is 1. The average molecular weight is 288 g/mol. The van der Waals surface area contributed by atoms with Gasteiger partial charge >= 0.3 is 0 Å². The molecule has 5 heteroatoms. The van der Waals surface area contributed by atoms with E-state index in [-0.39, 0.29) is 16.5 Å². The number of benzene rings is 1. The second kappa shape index (κ2) is 5.06. The second-order valence-electron chi connectivity index (χ2n) is 6.14. The number of nitro groups is 1. The molecule has 2 aliphatic rings. The lowest BCUT2D eigenvalue weighted by Gasteiger charge is -2.39. The van der Waals surface area contributed by atoms with Gasteiger partial charge in [-0.25, -0.2) is 0 Å². The summed E-state index contributed by atoms with van der Waals surface area (Å²) in [6.45, 7) is 4.41. The fourth-order valence-corrected chi connectivity index (χ4v) is 3.62. The van der Waals surface area contributed by atoms with Gasteiger partial charge in [-0.3, -0.25) is 10.1 Å². The molecule has 1 heterocycles. The third-order valence-electron chi connectivity index (χ3n) is 4.61. The Morgan fingerprint density at radius 1 is 1.43 bits per heavy atom. The van der Waals surface area contributed by atoms with E-state index >= 15 is 0 Å². The zero-order valence-corrected chi connectivity index (χ0v) is 12.5. The van der Waals surface area contributed by atoms with Gasteiger partial charge in [0.15, 0.2) is 0 Å². The van der Waals surface area contributed by atoms with Crippen LogP contribution in [-0.2, 0) is 0 Å². The number of ether oxygens (including phenoxy) is 1. The first-order valence-electron chi connectivity index (χ1n) is 7.32. The van der Waals surface area contributed by atoms with Crippen LogP contribution in [0.25, 0.3) is 0 Å². The van der Waals surface area contributed by atoms with Gasteiger partial charge in [0.2, 0.25) is 0 Å². The number of hydrogen-bond acceptors (Lipinski definition) is 4. The standard InChI is InChI=1S/C16H20N2O3/c1-9(2)15-12-6-4-5-11(12)13-7-10(18(19)20)8-14(21-3)16(13)17-15/h4-5,7-9,11-12,15,17H,6H2,1-3H3/t11-,12-,15-/m0/s1. The first kappa shape index (κ1) is 13.9. The minimum Gasteiger partial charge on any atom is -0.494 e. The highest BCUT2D eigenvalue weighted by Crippen LogP contribution is 2.50. The van der Waals surface area contributed by atoms with E-state index in [4.69, 9.17) is 4.74 Å². The van der Waals surface area contributed by atoms with Gasteiger partial charge in [0.25, 0.3) is 5.69 Å². The number of nitrogens with one attached hydrogen (secondary N) is 1. The summed E-state index contributed by atoms with van der Waals surface area (Å²) in [5, 5.41) is 14.7. The molecule has 112 valence electrons. The van der Waals surface area contributed by atoms with Crippen molar-refractivity contribution >= 4 is 11.4 Å². The second-order valence-corrected chi connectivity index (χ2v) is 6.14. The van der Waals surface area contributed by atoms with Gasteiger partial charge in [-0.2, -0.15) is 0 Å². The lowest BCUT2D eigenvalue weighted by molar-refractivity contribution is -0.385. The molecule has 1 aromatic rings.